The van der Waals surface area contributed by atoms with Crippen LogP contribution < -0.4 is 5.73 Å². The SMILES string of the molecule is CCCO[C@@H]1C[C@@H](c2nc(C)nn2CC(F)(F)F)CC[C@H]1N. The highest BCUT2D eigenvalue weighted by molar-refractivity contribution is 5.04. The molecule has 1 aromatic heterocycles. The van der Waals surface area contributed by atoms with Gasteiger partial charge < -0.3 is 10.5 Å². The number of halogens is 3. The highest BCUT2D eigenvalue weighted by Gasteiger charge is 2.35. The summed E-state index contributed by atoms with van der Waals surface area (Å²) in [5.41, 5.74) is 6.06. The van der Waals surface area contributed by atoms with Crippen molar-refractivity contribution in [3.8, 4) is 0 Å². The van der Waals surface area contributed by atoms with Gasteiger partial charge in [-0.15, -0.1) is 0 Å². The molecule has 1 saturated carbocycles. The van der Waals surface area contributed by atoms with Crippen LogP contribution in [0.15, 0.2) is 0 Å². The molecular weight excluding hydrogens is 297 g/mol. The Morgan fingerprint density at radius 1 is 1.36 bits per heavy atom. The van der Waals surface area contributed by atoms with Gasteiger partial charge >= 0.3 is 6.18 Å². The van der Waals surface area contributed by atoms with E-state index in [1.807, 2.05) is 6.92 Å². The van der Waals surface area contributed by atoms with Crippen molar-refractivity contribution in [2.45, 2.75) is 70.3 Å². The van der Waals surface area contributed by atoms with Gasteiger partial charge in [-0.3, -0.25) is 0 Å². The standard InChI is InChI=1S/C14H23F3N4O/c1-3-6-22-12-7-10(4-5-11(12)18)13-19-9(2)20-21(13)8-14(15,16)17/h10-12H,3-8,18H2,1-2H3/t10-,11+,12+/m0/s1. The van der Waals surface area contributed by atoms with Crippen LogP contribution in [-0.2, 0) is 11.3 Å². The smallest absolute Gasteiger partial charge is 0.377 e. The molecule has 1 aromatic rings. The van der Waals surface area contributed by atoms with Crippen LogP contribution in [0.4, 0.5) is 13.2 Å². The number of hydrogen-bond donors (Lipinski definition) is 1. The van der Waals surface area contributed by atoms with Crippen LogP contribution in [-0.4, -0.2) is 39.7 Å². The van der Waals surface area contributed by atoms with Crippen LogP contribution in [0.5, 0.6) is 0 Å². The van der Waals surface area contributed by atoms with E-state index in [9.17, 15) is 13.2 Å². The van der Waals surface area contributed by atoms with Crippen molar-refractivity contribution in [1.82, 2.24) is 14.8 Å². The van der Waals surface area contributed by atoms with Crippen LogP contribution in [0.25, 0.3) is 0 Å². The predicted octanol–water partition coefficient (Wildman–Crippen LogP) is 2.54. The number of aryl methyl sites for hydroxylation is 1. The third kappa shape index (κ3) is 4.42. The molecule has 2 rings (SSSR count). The zero-order chi connectivity index (χ0) is 16.3. The molecule has 1 heterocycles. The van der Waals surface area contributed by atoms with Crippen LogP contribution in [0.2, 0.25) is 0 Å². The van der Waals surface area contributed by atoms with Crippen LogP contribution >= 0.6 is 0 Å². The fourth-order valence-electron chi connectivity index (χ4n) is 2.91. The minimum atomic E-state index is -4.31. The summed E-state index contributed by atoms with van der Waals surface area (Å²) >= 11 is 0. The second kappa shape index (κ2) is 6.95. The first-order valence-electron chi connectivity index (χ1n) is 7.65. The molecule has 1 aliphatic carbocycles. The molecule has 0 bridgehead atoms. The van der Waals surface area contributed by atoms with E-state index in [0.717, 1.165) is 17.5 Å². The first-order valence-corrected chi connectivity index (χ1v) is 7.65. The number of ether oxygens (including phenoxy) is 1. The number of nitrogens with zero attached hydrogens (tertiary/aromatic N) is 3. The summed E-state index contributed by atoms with van der Waals surface area (Å²) in [5.74, 6) is 0.664. The van der Waals surface area contributed by atoms with Crippen molar-refractivity contribution >= 4 is 0 Å². The molecule has 0 unspecified atom stereocenters. The van der Waals surface area contributed by atoms with E-state index in [-0.39, 0.29) is 18.1 Å². The minimum absolute atomic E-state index is 0.0668. The average Bonchev–Trinajstić information content (AvgIpc) is 2.76. The monoisotopic (exact) mass is 320 g/mol. The Kier molecular flexibility index (Phi) is 5.44. The average molecular weight is 320 g/mol. The van der Waals surface area contributed by atoms with Gasteiger partial charge in [-0.2, -0.15) is 18.3 Å². The molecule has 0 aromatic carbocycles. The van der Waals surface area contributed by atoms with Crippen molar-refractivity contribution in [1.29, 1.82) is 0 Å². The van der Waals surface area contributed by atoms with Gasteiger partial charge in [0.1, 0.15) is 18.2 Å². The zero-order valence-corrected chi connectivity index (χ0v) is 12.9. The van der Waals surface area contributed by atoms with E-state index in [4.69, 9.17) is 10.5 Å². The van der Waals surface area contributed by atoms with Gasteiger partial charge in [-0.25, -0.2) is 9.67 Å². The van der Waals surface area contributed by atoms with Crippen LogP contribution in [0.1, 0.15) is 50.2 Å². The van der Waals surface area contributed by atoms with E-state index < -0.39 is 12.7 Å². The molecule has 1 aliphatic rings. The lowest BCUT2D eigenvalue weighted by atomic mass is 9.83. The fraction of sp³-hybridized carbons (Fsp3) is 0.857. The van der Waals surface area contributed by atoms with Gasteiger partial charge in [0.25, 0.3) is 0 Å². The number of hydrogen-bond acceptors (Lipinski definition) is 4. The number of nitrogens with two attached hydrogens (primary N) is 1. The Bertz CT molecular complexity index is 489. The van der Waals surface area contributed by atoms with Gasteiger partial charge in [0.15, 0.2) is 0 Å². The number of alkyl halides is 3. The van der Waals surface area contributed by atoms with Crippen LogP contribution in [0, 0.1) is 6.92 Å². The highest BCUT2D eigenvalue weighted by Crippen LogP contribution is 2.34. The Morgan fingerprint density at radius 3 is 2.73 bits per heavy atom. The summed E-state index contributed by atoms with van der Waals surface area (Å²) < 4.78 is 44.7. The van der Waals surface area contributed by atoms with E-state index in [1.165, 1.54) is 0 Å². The predicted molar refractivity (Wildman–Crippen MR) is 75.4 cm³/mol. The summed E-state index contributed by atoms with van der Waals surface area (Å²) in [4.78, 5) is 4.21. The quantitative estimate of drug-likeness (QED) is 0.905. The summed E-state index contributed by atoms with van der Waals surface area (Å²) in [6.07, 6.45) is -1.53. The van der Waals surface area contributed by atoms with Gasteiger partial charge in [-0.1, -0.05) is 6.92 Å². The van der Waals surface area contributed by atoms with Crippen LogP contribution in [0.3, 0.4) is 0 Å². The molecule has 5 nitrogen and oxygen atoms in total. The summed E-state index contributed by atoms with van der Waals surface area (Å²) in [6.45, 7) is 3.12. The summed E-state index contributed by atoms with van der Waals surface area (Å²) in [7, 11) is 0. The topological polar surface area (TPSA) is 66.0 Å². The molecule has 2 N–H and O–H groups in total. The fourth-order valence-corrected chi connectivity index (χ4v) is 2.91. The maximum Gasteiger partial charge on any atom is 0.408 e. The molecule has 0 radical (unpaired) electrons. The lowest BCUT2D eigenvalue weighted by Crippen LogP contribution is -2.42. The second-order valence-corrected chi connectivity index (χ2v) is 5.87. The molecule has 1 fully saturated rings. The van der Waals surface area contributed by atoms with Crippen molar-refractivity contribution in [2.75, 3.05) is 6.61 Å². The Hall–Kier alpha value is -1.15. The molecule has 126 valence electrons. The Balaban J connectivity index is 2.13. The molecule has 22 heavy (non-hydrogen) atoms. The largest absolute Gasteiger partial charge is 0.408 e. The van der Waals surface area contributed by atoms with Gasteiger partial charge in [-0.05, 0) is 32.6 Å². The number of aromatic nitrogens is 3. The van der Waals surface area contributed by atoms with Gasteiger partial charge in [0.05, 0.1) is 6.10 Å². The molecule has 8 heteroatoms. The Labute approximate surface area is 128 Å². The maximum absolute atomic E-state index is 12.7. The third-order valence-electron chi connectivity index (χ3n) is 3.88. The lowest BCUT2D eigenvalue weighted by molar-refractivity contribution is -0.143. The first kappa shape index (κ1) is 17.2. The summed E-state index contributed by atoms with van der Waals surface area (Å²) in [5, 5.41) is 3.89. The summed E-state index contributed by atoms with van der Waals surface area (Å²) in [6, 6.07) is -0.0668. The highest BCUT2D eigenvalue weighted by atomic mass is 19.4. The second-order valence-electron chi connectivity index (χ2n) is 5.87. The van der Waals surface area contributed by atoms with Crippen molar-refractivity contribution in [3.05, 3.63) is 11.6 Å². The minimum Gasteiger partial charge on any atom is -0.377 e. The molecule has 0 aliphatic heterocycles. The van der Waals surface area contributed by atoms with E-state index in [2.05, 4.69) is 10.1 Å². The molecular formula is C14H23F3N4O. The number of rotatable bonds is 5. The normalized spacial score (nSPS) is 26.4. The van der Waals surface area contributed by atoms with E-state index in [1.54, 1.807) is 6.92 Å². The molecule has 3 atom stereocenters. The molecule has 0 amide bonds. The van der Waals surface area contributed by atoms with Gasteiger partial charge in [0.2, 0.25) is 0 Å². The van der Waals surface area contributed by atoms with Crippen molar-refractivity contribution < 1.29 is 17.9 Å². The van der Waals surface area contributed by atoms with E-state index in [0.29, 0.717) is 31.1 Å². The van der Waals surface area contributed by atoms with Crippen molar-refractivity contribution in [2.24, 2.45) is 5.73 Å². The van der Waals surface area contributed by atoms with Gasteiger partial charge in [0, 0.05) is 18.6 Å². The zero-order valence-electron chi connectivity index (χ0n) is 12.9. The lowest BCUT2D eigenvalue weighted by Gasteiger charge is -2.33. The molecule has 0 saturated heterocycles. The first-order chi connectivity index (χ1) is 10.3. The third-order valence-corrected chi connectivity index (χ3v) is 3.88. The maximum atomic E-state index is 12.7. The molecule has 0 spiro atoms. The van der Waals surface area contributed by atoms with E-state index >= 15 is 0 Å². The Morgan fingerprint density at radius 2 is 2.09 bits per heavy atom. The van der Waals surface area contributed by atoms with Crippen molar-refractivity contribution in [3.63, 3.8) is 0 Å².